The van der Waals surface area contributed by atoms with Crippen LogP contribution in [-0.4, -0.2) is 17.6 Å². The molecule has 3 nitrogen and oxygen atoms in total. The monoisotopic (exact) mass is 233 g/mol. The first-order chi connectivity index (χ1) is 8.22. The van der Waals surface area contributed by atoms with Gasteiger partial charge in [-0.2, -0.15) is 0 Å². The number of carbonyl (C=O) groups is 1. The first kappa shape index (κ1) is 11.4. The highest BCUT2D eigenvalue weighted by Crippen LogP contribution is 2.24. The molecule has 2 rings (SSSR count). The first-order valence-electron chi connectivity index (χ1n) is 5.32. The molecule has 0 atom stereocenters. The largest absolute Gasteiger partial charge is 0.462 e. The van der Waals surface area contributed by atoms with E-state index in [1.165, 1.54) is 12.1 Å². The van der Waals surface area contributed by atoms with Crippen molar-refractivity contribution in [2.45, 2.75) is 6.92 Å². The van der Waals surface area contributed by atoms with Crippen molar-refractivity contribution in [2.24, 2.45) is 0 Å². The number of rotatable bonds is 3. The minimum Gasteiger partial charge on any atom is -0.462 e. The van der Waals surface area contributed by atoms with Gasteiger partial charge in [-0.05, 0) is 24.6 Å². The van der Waals surface area contributed by atoms with Gasteiger partial charge in [-0.25, -0.2) is 9.18 Å². The van der Waals surface area contributed by atoms with Gasteiger partial charge in [0.25, 0.3) is 0 Å². The molecule has 0 aliphatic carbocycles. The summed E-state index contributed by atoms with van der Waals surface area (Å²) in [6.07, 6.45) is 3.21. The van der Waals surface area contributed by atoms with Gasteiger partial charge >= 0.3 is 5.97 Å². The third-order valence-electron chi connectivity index (χ3n) is 2.38. The molecule has 0 aliphatic heterocycles. The van der Waals surface area contributed by atoms with Crippen molar-refractivity contribution in [3.63, 3.8) is 0 Å². The van der Waals surface area contributed by atoms with Crippen molar-refractivity contribution in [1.82, 2.24) is 4.98 Å². The number of esters is 1. The number of carbonyl (C=O) groups excluding carboxylic acids is 1. The topological polar surface area (TPSA) is 42.1 Å². The third kappa shape index (κ3) is 2.36. The maximum absolute atomic E-state index is 13.1. The molecule has 17 heavy (non-hydrogen) atoms. The highest BCUT2D eigenvalue weighted by Gasteiger charge is 2.14. The van der Waals surface area contributed by atoms with E-state index in [1.54, 1.807) is 31.5 Å². The Morgan fingerprint density at radius 1 is 1.41 bits per heavy atom. The molecule has 0 amide bonds. The summed E-state index contributed by atoms with van der Waals surface area (Å²) in [6, 6.07) is 6.09. The van der Waals surface area contributed by atoms with Crippen molar-refractivity contribution in [3.05, 3.63) is 48.0 Å². The first-order valence-corrected chi connectivity index (χ1v) is 5.32. The summed E-state index contributed by atoms with van der Waals surface area (Å²) in [4.78, 5) is 14.5. The van der Waals surface area contributed by atoms with Crippen LogP contribution in [-0.2, 0) is 4.74 Å². The smallest absolute Gasteiger partial charge is 0.340 e. The molecule has 1 aromatic heterocycles. The number of H-pyrrole nitrogens is 1. The second kappa shape index (κ2) is 4.82. The minimum absolute atomic E-state index is 0.312. The SMILES string of the molecule is CCOC(=O)c1c[nH]cc1-c1cccc(F)c1. The molecule has 88 valence electrons. The molecule has 0 fully saturated rings. The maximum atomic E-state index is 13.1. The molecule has 0 saturated heterocycles. The second-order valence-electron chi connectivity index (χ2n) is 3.51. The average Bonchev–Trinajstić information content (AvgIpc) is 2.78. The standard InChI is InChI=1S/C13H12FNO2/c1-2-17-13(16)12-8-15-7-11(12)9-4-3-5-10(14)6-9/h3-8,15H,2H2,1H3. The van der Waals surface area contributed by atoms with Gasteiger partial charge in [-0.1, -0.05) is 12.1 Å². The molecular weight excluding hydrogens is 221 g/mol. The van der Waals surface area contributed by atoms with Crippen LogP contribution in [0.25, 0.3) is 11.1 Å². The maximum Gasteiger partial charge on any atom is 0.340 e. The summed E-state index contributed by atoms with van der Waals surface area (Å²) in [6.45, 7) is 2.05. The quantitative estimate of drug-likeness (QED) is 0.828. The molecule has 2 aromatic rings. The van der Waals surface area contributed by atoms with Crippen LogP contribution < -0.4 is 0 Å². The van der Waals surface area contributed by atoms with E-state index < -0.39 is 5.97 Å². The lowest BCUT2D eigenvalue weighted by Crippen LogP contribution is -2.04. The van der Waals surface area contributed by atoms with Gasteiger partial charge in [-0.3, -0.25) is 0 Å². The predicted octanol–water partition coefficient (Wildman–Crippen LogP) is 3.00. The molecule has 0 spiro atoms. The summed E-state index contributed by atoms with van der Waals surface area (Å²) < 4.78 is 18.0. The normalized spacial score (nSPS) is 10.2. The highest BCUT2D eigenvalue weighted by molar-refractivity contribution is 5.97. The number of benzene rings is 1. The Morgan fingerprint density at radius 3 is 2.94 bits per heavy atom. The molecule has 1 heterocycles. The molecule has 0 unspecified atom stereocenters. The molecule has 4 heteroatoms. The molecule has 1 N–H and O–H groups in total. The van der Waals surface area contributed by atoms with Gasteiger partial charge in [0, 0.05) is 18.0 Å². The average molecular weight is 233 g/mol. The van der Waals surface area contributed by atoms with Gasteiger partial charge in [0.15, 0.2) is 0 Å². The van der Waals surface area contributed by atoms with E-state index in [4.69, 9.17) is 4.74 Å². The fraction of sp³-hybridized carbons (Fsp3) is 0.154. The number of aromatic nitrogens is 1. The van der Waals surface area contributed by atoms with Crippen molar-refractivity contribution in [3.8, 4) is 11.1 Å². The van der Waals surface area contributed by atoms with Gasteiger partial charge in [-0.15, -0.1) is 0 Å². The molecule has 0 radical (unpaired) electrons. The van der Waals surface area contributed by atoms with E-state index in [1.807, 2.05) is 0 Å². The van der Waals surface area contributed by atoms with E-state index in [-0.39, 0.29) is 5.82 Å². The zero-order valence-electron chi connectivity index (χ0n) is 9.37. The van der Waals surface area contributed by atoms with Crippen molar-refractivity contribution in [2.75, 3.05) is 6.61 Å². The van der Waals surface area contributed by atoms with Gasteiger partial charge in [0.2, 0.25) is 0 Å². The lowest BCUT2D eigenvalue weighted by molar-refractivity contribution is 0.0527. The number of hydrogen-bond acceptors (Lipinski definition) is 2. The molecular formula is C13H12FNO2. The lowest BCUT2D eigenvalue weighted by atomic mass is 10.0. The number of nitrogens with one attached hydrogen (secondary N) is 1. The fourth-order valence-electron chi connectivity index (χ4n) is 1.64. The molecule has 0 saturated carbocycles. The minimum atomic E-state index is -0.409. The summed E-state index contributed by atoms with van der Waals surface area (Å²) in [7, 11) is 0. The van der Waals surface area contributed by atoms with Gasteiger partial charge < -0.3 is 9.72 Å². The summed E-state index contributed by atoms with van der Waals surface area (Å²) in [5.41, 5.74) is 1.70. The Kier molecular flexibility index (Phi) is 3.23. The lowest BCUT2D eigenvalue weighted by Gasteiger charge is -2.03. The van der Waals surface area contributed by atoms with E-state index in [0.29, 0.717) is 23.3 Å². The Labute approximate surface area is 98.2 Å². The fourth-order valence-corrected chi connectivity index (χ4v) is 1.64. The van der Waals surface area contributed by atoms with Crippen LogP contribution in [0.1, 0.15) is 17.3 Å². The van der Waals surface area contributed by atoms with E-state index >= 15 is 0 Å². The van der Waals surface area contributed by atoms with Crippen LogP contribution in [0.5, 0.6) is 0 Å². The van der Waals surface area contributed by atoms with E-state index in [9.17, 15) is 9.18 Å². The summed E-state index contributed by atoms with van der Waals surface area (Å²) in [5, 5.41) is 0. The van der Waals surface area contributed by atoms with Crippen LogP contribution >= 0.6 is 0 Å². The number of halogens is 1. The zero-order chi connectivity index (χ0) is 12.3. The van der Waals surface area contributed by atoms with Crippen LogP contribution in [0.15, 0.2) is 36.7 Å². The van der Waals surface area contributed by atoms with Gasteiger partial charge in [0.05, 0.1) is 12.2 Å². The number of aromatic amines is 1. The highest BCUT2D eigenvalue weighted by atomic mass is 19.1. The van der Waals surface area contributed by atoms with E-state index in [2.05, 4.69) is 4.98 Å². The van der Waals surface area contributed by atoms with Crippen molar-refractivity contribution < 1.29 is 13.9 Å². The second-order valence-corrected chi connectivity index (χ2v) is 3.51. The van der Waals surface area contributed by atoms with Crippen LogP contribution in [0, 0.1) is 5.82 Å². The number of hydrogen-bond donors (Lipinski definition) is 1. The Balaban J connectivity index is 2.40. The molecule has 0 aliphatic rings. The Bertz CT molecular complexity index is 534. The van der Waals surface area contributed by atoms with Crippen molar-refractivity contribution >= 4 is 5.97 Å². The Hall–Kier alpha value is -2.10. The summed E-state index contributed by atoms with van der Waals surface area (Å²) >= 11 is 0. The Morgan fingerprint density at radius 2 is 2.24 bits per heavy atom. The predicted molar refractivity (Wildman–Crippen MR) is 62.1 cm³/mol. The zero-order valence-corrected chi connectivity index (χ0v) is 9.37. The van der Waals surface area contributed by atoms with Crippen LogP contribution in [0.3, 0.4) is 0 Å². The molecule has 0 bridgehead atoms. The number of ether oxygens (including phenoxy) is 1. The third-order valence-corrected chi connectivity index (χ3v) is 2.38. The van der Waals surface area contributed by atoms with Gasteiger partial charge in [0.1, 0.15) is 5.82 Å². The van der Waals surface area contributed by atoms with Crippen molar-refractivity contribution in [1.29, 1.82) is 0 Å². The van der Waals surface area contributed by atoms with Crippen LogP contribution in [0.4, 0.5) is 4.39 Å². The van der Waals surface area contributed by atoms with Crippen LogP contribution in [0.2, 0.25) is 0 Å². The summed E-state index contributed by atoms with van der Waals surface area (Å²) in [5.74, 6) is -0.744. The van der Waals surface area contributed by atoms with E-state index in [0.717, 1.165) is 0 Å². The molecule has 1 aromatic carbocycles.